The van der Waals surface area contributed by atoms with Crippen LogP contribution in [0.1, 0.15) is 5.56 Å². The van der Waals surface area contributed by atoms with Crippen LogP contribution >= 0.6 is 23.8 Å². The molecule has 0 spiro atoms. The van der Waals surface area contributed by atoms with Gasteiger partial charge in [0.2, 0.25) is 0 Å². The second kappa shape index (κ2) is 7.61. The molecule has 0 bridgehead atoms. The molecule has 2 N–H and O–H groups in total. The highest BCUT2D eigenvalue weighted by molar-refractivity contribution is 7.80. The summed E-state index contributed by atoms with van der Waals surface area (Å²) < 4.78 is 5.09. The molecule has 0 aromatic heterocycles. The van der Waals surface area contributed by atoms with E-state index in [1.807, 2.05) is 36.4 Å². The number of halogens is 1. The summed E-state index contributed by atoms with van der Waals surface area (Å²) in [5, 5.41) is 8.17. The summed E-state index contributed by atoms with van der Waals surface area (Å²) >= 11 is 11.0. The number of thiocarbonyl (C=S) groups is 1. The Labute approximate surface area is 133 Å². The van der Waals surface area contributed by atoms with Gasteiger partial charge in [0.25, 0.3) is 0 Å². The topological polar surface area (TPSA) is 45.6 Å². The number of hydrogen-bond acceptors (Lipinski definition) is 3. The van der Waals surface area contributed by atoms with Crippen molar-refractivity contribution in [3.63, 3.8) is 0 Å². The van der Waals surface area contributed by atoms with Gasteiger partial charge in [0.05, 0.1) is 13.3 Å². The molecule has 0 saturated heterocycles. The van der Waals surface area contributed by atoms with Gasteiger partial charge in [0, 0.05) is 10.7 Å². The molecule has 2 rings (SSSR count). The molecule has 0 fully saturated rings. The van der Waals surface area contributed by atoms with E-state index in [0.29, 0.717) is 10.1 Å². The minimum absolute atomic E-state index is 0.408. The number of benzene rings is 2. The first-order chi connectivity index (χ1) is 10.2. The zero-order valence-electron chi connectivity index (χ0n) is 11.3. The van der Waals surface area contributed by atoms with Crippen molar-refractivity contribution in [2.24, 2.45) is 5.10 Å². The van der Waals surface area contributed by atoms with E-state index in [-0.39, 0.29) is 0 Å². The van der Waals surface area contributed by atoms with Gasteiger partial charge in [-0.1, -0.05) is 23.7 Å². The molecule has 108 valence electrons. The minimum Gasteiger partial charge on any atom is -0.497 e. The fraction of sp³-hybridized carbons (Fsp3) is 0.0667. The number of methoxy groups -OCH3 is 1. The lowest BCUT2D eigenvalue weighted by Gasteiger charge is -2.07. The zero-order valence-corrected chi connectivity index (χ0v) is 12.9. The molecule has 0 saturated carbocycles. The first-order valence-electron chi connectivity index (χ1n) is 6.17. The van der Waals surface area contributed by atoms with E-state index < -0.39 is 0 Å². The summed E-state index contributed by atoms with van der Waals surface area (Å²) in [4.78, 5) is 0. The molecule has 0 heterocycles. The Morgan fingerprint density at radius 3 is 2.43 bits per heavy atom. The van der Waals surface area contributed by atoms with Gasteiger partial charge in [0.15, 0.2) is 5.11 Å². The van der Waals surface area contributed by atoms with Crippen molar-refractivity contribution >= 4 is 40.8 Å². The highest BCUT2D eigenvalue weighted by Crippen LogP contribution is 2.14. The SMILES string of the molecule is COc1ccc(NC(=S)N/N=C\c2ccc(Cl)cc2)cc1. The van der Waals surface area contributed by atoms with Gasteiger partial charge in [-0.25, -0.2) is 0 Å². The van der Waals surface area contributed by atoms with Crippen LogP contribution in [-0.4, -0.2) is 18.4 Å². The summed E-state index contributed by atoms with van der Waals surface area (Å²) in [6.07, 6.45) is 1.67. The lowest BCUT2D eigenvalue weighted by Crippen LogP contribution is -2.23. The van der Waals surface area contributed by atoms with Gasteiger partial charge >= 0.3 is 0 Å². The fourth-order valence-electron chi connectivity index (χ4n) is 1.55. The highest BCUT2D eigenvalue weighted by Gasteiger charge is 1.97. The third kappa shape index (κ3) is 5.06. The molecule has 0 aliphatic carbocycles. The van der Waals surface area contributed by atoms with Crippen molar-refractivity contribution in [3.8, 4) is 5.75 Å². The Bertz CT molecular complexity index is 626. The summed E-state index contributed by atoms with van der Waals surface area (Å²) in [5.74, 6) is 0.792. The smallest absolute Gasteiger partial charge is 0.191 e. The van der Waals surface area contributed by atoms with Crippen molar-refractivity contribution in [3.05, 3.63) is 59.1 Å². The average molecular weight is 320 g/mol. The summed E-state index contributed by atoms with van der Waals surface area (Å²) in [5.41, 5.74) is 4.53. The second-order valence-electron chi connectivity index (χ2n) is 4.10. The lowest BCUT2D eigenvalue weighted by molar-refractivity contribution is 0.415. The quantitative estimate of drug-likeness (QED) is 0.513. The number of anilines is 1. The fourth-order valence-corrected chi connectivity index (χ4v) is 1.84. The number of ether oxygens (including phenoxy) is 1. The lowest BCUT2D eigenvalue weighted by atomic mass is 10.2. The Morgan fingerprint density at radius 2 is 1.81 bits per heavy atom. The summed E-state index contributed by atoms with van der Waals surface area (Å²) in [6.45, 7) is 0. The second-order valence-corrected chi connectivity index (χ2v) is 4.95. The Balaban J connectivity index is 1.85. The Kier molecular flexibility index (Phi) is 5.54. The number of rotatable bonds is 4. The average Bonchev–Trinajstić information content (AvgIpc) is 2.50. The molecule has 2 aromatic carbocycles. The molecule has 0 unspecified atom stereocenters. The molecule has 0 aliphatic rings. The number of nitrogens with zero attached hydrogens (tertiary/aromatic N) is 1. The van der Waals surface area contributed by atoms with Crippen molar-refractivity contribution in [1.29, 1.82) is 0 Å². The molecule has 6 heteroatoms. The van der Waals surface area contributed by atoms with Crippen LogP contribution in [-0.2, 0) is 0 Å². The number of hydrogen-bond donors (Lipinski definition) is 2. The summed E-state index contributed by atoms with van der Waals surface area (Å²) in [6, 6.07) is 14.8. The molecular formula is C15H14ClN3OS. The normalized spacial score (nSPS) is 10.4. The van der Waals surface area contributed by atoms with E-state index >= 15 is 0 Å². The first kappa shape index (κ1) is 15.3. The molecule has 2 aromatic rings. The van der Waals surface area contributed by atoms with Gasteiger partial charge in [-0.05, 0) is 54.2 Å². The standard InChI is InChI=1S/C15H14ClN3OS/c1-20-14-8-6-13(7-9-14)18-15(21)19-17-10-11-2-4-12(16)5-3-11/h2-10H,1H3,(H2,18,19,21)/b17-10-. The van der Waals surface area contributed by atoms with Gasteiger partial charge in [-0.3, -0.25) is 5.43 Å². The molecule has 21 heavy (non-hydrogen) atoms. The molecule has 4 nitrogen and oxygen atoms in total. The molecule has 0 radical (unpaired) electrons. The van der Waals surface area contributed by atoms with Gasteiger partial charge < -0.3 is 10.1 Å². The Morgan fingerprint density at radius 1 is 1.14 bits per heavy atom. The largest absolute Gasteiger partial charge is 0.497 e. The molecule has 0 amide bonds. The van der Waals surface area contributed by atoms with E-state index in [0.717, 1.165) is 17.0 Å². The maximum absolute atomic E-state index is 5.81. The highest BCUT2D eigenvalue weighted by atomic mass is 35.5. The van der Waals surface area contributed by atoms with E-state index in [1.54, 1.807) is 25.5 Å². The molecular weight excluding hydrogens is 306 g/mol. The van der Waals surface area contributed by atoms with E-state index in [4.69, 9.17) is 28.6 Å². The van der Waals surface area contributed by atoms with Gasteiger partial charge in [0.1, 0.15) is 5.75 Å². The molecule has 0 atom stereocenters. The first-order valence-corrected chi connectivity index (χ1v) is 6.95. The van der Waals surface area contributed by atoms with E-state index in [1.165, 1.54) is 0 Å². The minimum atomic E-state index is 0.408. The third-order valence-corrected chi connectivity index (χ3v) is 3.04. The van der Waals surface area contributed by atoms with Crippen LogP contribution in [0.4, 0.5) is 5.69 Å². The predicted molar refractivity (Wildman–Crippen MR) is 91.4 cm³/mol. The van der Waals surface area contributed by atoms with Crippen molar-refractivity contribution in [2.75, 3.05) is 12.4 Å². The monoisotopic (exact) mass is 319 g/mol. The van der Waals surface area contributed by atoms with Gasteiger partial charge in [-0.15, -0.1) is 0 Å². The van der Waals surface area contributed by atoms with Gasteiger partial charge in [-0.2, -0.15) is 5.10 Å². The van der Waals surface area contributed by atoms with Crippen LogP contribution in [0.15, 0.2) is 53.6 Å². The van der Waals surface area contributed by atoms with Crippen molar-refractivity contribution in [1.82, 2.24) is 5.43 Å². The third-order valence-electron chi connectivity index (χ3n) is 2.60. The van der Waals surface area contributed by atoms with Crippen LogP contribution in [0.3, 0.4) is 0 Å². The maximum atomic E-state index is 5.81. The van der Waals surface area contributed by atoms with Crippen molar-refractivity contribution in [2.45, 2.75) is 0 Å². The van der Waals surface area contributed by atoms with Crippen LogP contribution in [0, 0.1) is 0 Å². The number of hydrazone groups is 1. The van der Waals surface area contributed by atoms with E-state index in [9.17, 15) is 0 Å². The Hall–Kier alpha value is -2.11. The summed E-state index contributed by atoms with van der Waals surface area (Å²) in [7, 11) is 1.63. The van der Waals surface area contributed by atoms with Crippen LogP contribution < -0.4 is 15.5 Å². The number of nitrogens with one attached hydrogen (secondary N) is 2. The van der Waals surface area contributed by atoms with Crippen LogP contribution in [0.5, 0.6) is 5.75 Å². The molecule has 0 aliphatic heterocycles. The van der Waals surface area contributed by atoms with Crippen molar-refractivity contribution < 1.29 is 4.74 Å². The predicted octanol–water partition coefficient (Wildman–Crippen LogP) is 3.67. The van der Waals surface area contributed by atoms with E-state index in [2.05, 4.69) is 15.8 Å². The van der Waals surface area contributed by atoms with Crippen LogP contribution in [0.2, 0.25) is 5.02 Å². The van der Waals surface area contributed by atoms with Crippen LogP contribution in [0.25, 0.3) is 0 Å². The zero-order chi connectivity index (χ0) is 15.1. The maximum Gasteiger partial charge on any atom is 0.191 e.